The highest BCUT2D eigenvalue weighted by Gasteiger charge is 2.49. The van der Waals surface area contributed by atoms with Crippen molar-refractivity contribution in [2.45, 2.75) is 18.2 Å². The van der Waals surface area contributed by atoms with Gasteiger partial charge in [0.2, 0.25) is 5.91 Å². The maximum atomic E-state index is 11.9. The number of para-hydroxylation sites is 2. The van der Waals surface area contributed by atoms with Crippen LogP contribution in [0.5, 0.6) is 5.75 Å². The molecular formula is C14H16N2O4S2. The van der Waals surface area contributed by atoms with E-state index in [9.17, 15) is 13.2 Å². The number of thioether (sulfide) groups is 1. The molecule has 2 atom stereocenters. The van der Waals surface area contributed by atoms with E-state index in [1.54, 1.807) is 7.11 Å². The minimum atomic E-state index is -3.06. The first-order chi connectivity index (χ1) is 10.4. The van der Waals surface area contributed by atoms with Gasteiger partial charge in [0.25, 0.3) is 0 Å². The number of anilines is 1. The Labute approximate surface area is 133 Å². The molecule has 1 aromatic carbocycles. The van der Waals surface area contributed by atoms with E-state index in [1.807, 2.05) is 29.2 Å². The molecule has 118 valence electrons. The van der Waals surface area contributed by atoms with Gasteiger partial charge in [0.1, 0.15) is 5.75 Å². The first-order valence-corrected chi connectivity index (χ1v) is 9.50. The maximum Gasteiger partial charge on any atom is 0.244 e. The largest absolute Gasteiger partial charge is 0.495 e. The van der Waals surface area contributed by atoms with Crippen molar-refractivity contribution in [1.82, 2.24) is 0 Å². The van der Waals surface area contributed by atoms with Crippen LogP contribution < -0.4 is 9.64 Å². The van der Waals surface area contributed by atoms with Crippen molar-refractivity contribution in [3.8, 4) is 5.75 Å². The van der Waals surface area contributed by atoms with Crippen LogP contribution in [0.4, 0.5) is 5.69 Å². The fourth-order valence-corrected chi connectivity index (χ4v) is 6.76. The smallest absolute Gasteiger partial charge is 0.244 e. The average molecular weight is 340 g/mol. The van der Waals surface area contributed by atoms with E-state index < -0.39 is 9.84 Å². The number of fused-ring (bicyclic) bond motifs is 1. The lowest BCUT2D eigenvalue weighted by atomic mass is 10.2. The monoisotopic (exact) mass is 340 g/mol. The van der Waals surface area contributed by atoms with Crippen LogP contribution in [0, 0.1) is 0 Å². The molecule has 2 saturated heterocycles. The molecule has 0 radical (unpaired) electrons. The van der Waals surface area contributed by atoms with E-state index in [4.69, 9.17) is 4.74 Å². The number of aliphatic imine (C=N–C) groups is 1. The van der Waals surface area contributed by atoms with Gasteiger partial charge in [-0.1, -0.05) is 23.9 Å². The molecule has 3 rings (SSSR count). The molecule has 0 aromatic heterocycles. The molecule has 22 heavy (non-hydrogen) atoms. The van der Waals surface area contributed by atoms with Crippen molar-refractivity contribution in [1.29, 1.82) is 0 Å². The molecular weight excluding hydrogens is 324 g/mol. The Morgan fingerprint density at radius 2 is 2.09 bits per heavy atom. The van der Waals surface area contributed by atoms with E-state index in [0.29, 0.717) is 10.9 Å². The van der Waals surface area contributed by atoms with Crippen LogP contribution in [0.25, 0.3) is 0 Å². The number of methoxy groups -OCH3 is 1. The number of carbonyl (C=O) groups is 1. The molecule has 2 heterocycles. The Morgan fingerprint density at radius 3 is 2.77 bits per heavy atom. The molecule has 0 spiro atoms. The van der Waals surface area contributed by atoms with E-state index in [0.717, 1.165) is 5.69 Å². The number of benzene rings is 1. The van der Waals surface area contributed by atoms with Gasteiger partial charge < -0.3 is 9.64 Å². The minimum absolute atomic E-state index is 0.0691. The van der Waals surface area contributed by atoms with Crippen molar-refractivity contribution in [3.63, 3.8) is 0 Å². The number of nitrogens with zero attached hydrogens (tertiary/aromatic N) is 2. The summed E-state index contributed by atoms with van der Waals surface area (Å²) >= 11 is 1.35. The number of sulfone groups is 1. The lowest BCUT2D eigenvalue weighted by Crippen LogP contribution is -2.37. The maximum absolute atomic E-state index is 11.9. The zero-order valence-corrected chi connectivity index (χ0v) is 13.9. The van der Waals surface area contributed by atoms with E-state index in [2.05, 4.69) is 4.99 Å². The topological polar surface area (TPSA) is 76.0 Å². The summed E-state index contributed by atoms with van der Waals surface area (Å²) in [4.78, 5) is 17.3. The molecule has 2 fully saturated rings. The van der Waals surface area contributed by atoms with Crippen LogP contribution in [0.15, 0.2) is 29.3 Å². The van der Waals surface area contributed by atoms with E-state index >= 15 is 0 Å². The quantitative estimate of drug-likeness (QED) is 0.808. The summed E-state index contributed by atoms with van der Waals surface area (Å²) < 4.78 is 29.2. The average Bonchev–Trinajstić information content (AvgIpc) is 2.89. The molecule has 0 N–H and O–H groups in total. The highest BCUT2D eigenvalue weighted by Crippen LogP contribution is 2.43. The SMILES string of the molecule is COc1ccccc1N1C(=NC(C)=O)S[C@H]2CS(=O)(=O)C[C@@H]21. The molecule has 2 aliphatic rings. The van der Waals surface area contributed by atoms with Gasteiger partial charge in [0, 0.05) is 12.2 Å². The number of hydrogen-bond donors (Lipinski definition) is 0. The third-order valence-corrected chi connectivity index (χ3v) is 6.87. The Bertz CT molecular complexity index is 745. The van der Waals surface area contributed by atoms with Gasteiger partial charge in [-0.15, -0.1) is 0 Å². The highest BCUT2D eigenvalue weighted by atomic mass is 32.2. The normalized spacial score (nSPS) is 27.9. The van der Waals surface area contributed by atoms with Gasteiger partial charge in [-0.3, -0.25) is 4.79 Å². The van der Waals surface area contributed by atoms with Crippen molar-refractivity contribution < 1.29 is 17.9 Å². The van der Waals surface area contributed by atoms with Gasteiger partial charge in [0.05, 0.1) is 30.3 Å². The number of amidine groups is 1. The van der Waals surface area contributed by atoms with Crippen LogP contribution in [0.3, 0.4) is 0 Å². The molecule has 1 amide bonds. The summed E-state index contributed by atoms with van der Waals surface area (Å²) in [5, 5.41) is 0.440. The minimum Gasteiger partial charge on any atom is -0.495 e. The first kappa shape index (κ1) is 15.4. The number of amides is 1. The Hall–Kier alpha value is -1.54. The van der Waals surface area contributed by atoms with Gasteiger partial charge in [-0.25, -0.2) is 8.42 Å². The van der Waals surface area contributed by atoms with Gasteiger partial charge >= 0.3 is 0 Å². The van der Waals surface area contributed by atoms with Crippen molar-refractivity contribution in [2.75, 3.05) is 23.5 Å². The van der Waals surface area contributed by atoms with Gasteiger partial charge in [-0.05, 0) is 12.1 Å². The van der Waals surface area contributed by atoms with Crippen LogP contribution in [0.2, 0.25) is 0 Å². The lowest BCUT2D eigenvalue weighted by molar-refractivity contribution is -0.115. The Balaban J connectivity index is 2.08. The van der Waals surface area contributed by atoms with E-state index in [-0.39, 0.29) is 28.7 Å². The van der Waals surface area contributed by atoms with Crippen LogP contribution in [0.1, 0.15) is 6.92 Å². The fraction of sp³-hybridized carbons (Fsp3) is 0.429. The number of hydrogen-bond acceptors (Lipinski definition) is 5. The highest BCUT2D eigenvalue weighted by molar-refractivity contribution is 8.16. The van der Waals surface area contributed by atoms with Crippen LogP contribution in [-0.4, -0.2) is 49.4 Å². The van der Waals surface area contributed by atoms with Crippen molar-refractivity contribution in [3.05, 3.63) is 24.3 Å². The standard InChI is InChI=1S/C14H16N2O4S2/c1-9(17)15-14-16(10-5-3-4-6-12(10)20-2)11-7-22(18,19)8-13(11)21-14/h3-6,11,13H,7-8H2,1-2H3/t11-,13-/m0/s1. The molecule has 2 aliphatic heterocycles. The zero-order valence-electron chi connectivity index (χ0n) is 12.2. The predicted molar refractivity (Wildman–Crippen MR) is 87.4 cm³/mol. The Kier molecular flexibility index (Phi) is 3.90. The molecule has 0 saturated carbocycles. The summed E-state index contributed by atoms with van der Waals surface area (Å²) in [5.41, 5.74) is 0.738. The second kappa shape index (κ2) is 5.58. The summed E-state index contributed by atoms with van der Waals surface area (Å²) in [6, 6.07) is 7.13. The fourth-order valence-electron chi connectivity index (χ4n) is 2.81. The van der Waals surface area contributed by atoms with Gasteiger partial charge in [-0.2, -0.15) is 4.99 Å². The predicted octanol–water partition coefficient (Wildman–Crippen LogP) is 1.32. The van der Waals surface area contributed by atoms with Crippen molar-refractivity contribution in [2.24, 2.45) is 4.99 Å². The molecule has 1 aromatic rings. The summed E-state index contributed by atoms with van der Waals surface area (Å²) in [7, 11) is -1.50. The van der Waals surface area contributed by atoms with Crippen molar-refractivity contribution >= 4 is 38.4 Å². The molecule has 0 bridgehead atoms. The zero-order chi connectivity index (χ0) is 15.9. The summed E-state index contributed by atoms with van der Waals surface area (Å²) in [6.07, 6.45) is 0. The lowest BCUT2D eigenvalue weighted by Gasteiger charge is -2.26. The van der Waals surface area contributed by atoms with Crippen LogP contribution >= 0.6 is 11.8 Å². The second-order valence-corrected chi connectivity index (χ2v) is 8.62. The number of carbonyl (C=O) groups excluding carboxylic acids is 1. The second-order valence-electron chi connectivity index (χ2n) is 5.26. The van der Waals surface area contributed by atoms with Crippen LogP contribution in [-0.2, 0) is 14.6 Å². The molecule has 8 heteroatoms. The first-order valence-electron chi connectivity index (χ1n) is 6.80. The molecule has 0 aliphatic carbocycles. The third kappa shape index (κ3) is 2.72. The number of ether oxygens (including phenoxy) is 1. The molecule has 6 nitrogen and oxygen atoms in total. The van der Waals surface area contributed by atoms with E-state index in [1.165, 1.54) is 18.7 Å². The number of rotatable bonds is 2. The summed E-state index contributed by atoms with van der Waals surface area (Å²) in [5.74, 6) is 0.513. The summed E-state index contributed by atoms with van der Waals surface area (Å²) in [6.45, 7) is 1.39. The van der Waals surface area contributed by atoms with Gasteiger partial charge in [0.15, 0.2) is 15.0 Å². The molecule has 0 unspecified atom stereocenters. The third-order valence-electron chi connectivity index (χ3n) is 3.66. The Morgan fingerprint density at radius 1 is 1.36 bits per heavy atom.